The fourth-order valence-electron chi connectivity index (χ4n) is 2.24. The summed E-state index contributed by atoms with van der Waals surface area (Å²) in [5.74, 6) is 0. The lowest BCUT2D eigenvalue weighted by Gasteiger charge is -2.22. The van der Waals surface area contributed by atoms with Gasteiger partial charge in [-0.2, -0.15) is 5.10 Å². The molecule has 2 atom stereocenters. The molecule has 3 rings (SSSR count). The maximum absolute atomic E-state index is 4.74. The Bertz CT molecular complexity index is 401. The van der Waals surface area contributed by atoms with E-state index < -0.39 is 0 Å². The lowest BCUT2D eigenvalue weighted by molar-refractivity contribution is 0.258. The second-order valence-electron chi connectivity index (χ2n) is 4.85. The van der Waals surface area contributed by atoms with Gasteiger partial charge < -0.3 is 0 Å². The fraction of sp³-hybridized carbons (Fsp3) is 0.727. The summed E-state index contributed by atoms with van der Waals surface area (Å²) >= 11 is 2.02. The molecule has 82 valence electrons. The van der Waals surface area contributed by atoms with Gasteiger partial charge in [0.1, 0.15) is 0 Å². The van der Waals surface area contributed by atoms with Gasteiger partial charge in [-0.3, -0.25) is 9.58 Å². The van der Waals surface area contributed by atoms with Gasteiger partial charge in [-0.25, -0.2) is 0 Å². The van der Waals surface area contributed by atoms with Crippen molar-refractivity contribution >= 4 is 11.8 Å². The largest absolute Gasteiger partial charge is 0.299 e. The monoisotopic (exact) mass is 223 g/mol. The summed E-state index contributed by atoms with van der Waals surface area (Å²) in [5, 5.41) is 5.47. The van der Waals surface area contributed by atoms with Crippen LogP contribution in [0.5, 0.6) is 0 Å². The van der Waals surface area contributed by atoms with Gasteiger partial charge in [-0.15, -0.1) is 11.8 Å². The standard InChI is InChI=1S/C11H17N3S/c1-8-11(2,15-8)10-6-9-7-13(3)4-5-14(9)12-10/h6,8H,4-5,7H2,1-3H3. The van der Waals surface area contributed by atoms with Crippen molar-refractivity contribution in [2.75, 3.05) is 13.6 Å². The smallest absolute Gasteiger partial charge is 0.0797 e. The maximum atomic E-state index is 4.74. The maximum Gasteiger partial charge on any atom is 0.0797 e. The van der Waals surface area contributed by atoms with Crippen LogP contribution in [-0.4, -0.2) is 33.5 Å². The van der Waals surface area contributed by atoms with Gasteiger partial charge in [0.2, 0.25) is 0 Å². The Kier molecular flexibility index (Phi) is 1.95. The molecule has 1 aromatic heterocycles. The number of hydrogen-bond acceptors (Lipinski definition) is 3. The van der Waals surface area contributed by atoms with Gasteiger partial charge in [-0.05, 0) is 20.0 Å². The Morgan fingerprint density at radius 3 is 2.93 bits per heavy atom. The first-order valence-corrected chi connectivity index (χ1v) is 6.41. The SMILES string of the molecule is CC1SC1(C)c1cc2n(n1)CCN(C)C2. The molecule has 0 spiro atoms. The summed E-state index contributed by atoms with van der Waals surface area (Å²) in [4.78, 5) is 2.35. The van der Waals surface area contributed by atoms with Crippen LogP contribution in [0.1, 0.15) is 25.2 Å². The topological polar surface area (TPSA) is 21.1 Å². The van der Waals surface area contributed by atoms with Crippen molar-refractivity contribution in [2.24, 2.45) is 0 Å². The number of fused-ring (bicyclic) bond motifs is 1. The lowest BCUT2D eigenvalue weighted by atomic mass is 10.1. The molecule has 1 saturated heterocycles. The Labute approximate surface area is 94.8 Å². The van der Waals surface area contributed by atoms with Crippen molar-refractivity contribution in [3.8, 4) is 0 Å². The zero-order valence-corrected chi connectivity index (χ0v) is 10.3. The summed E-state index contributed by atoms with van der Waals surface area (Å²) in [7, 11) is 2.17. The molecule has 3 heterocycles. The Hall–Kier alpha value is -0.480. The molecular weight excluding hydrogens is 206 g/mol. The first-order chi connectivity index (χ1) is 7.09. The number of likely N-dealkylation sites (N-methyl/N-ethyl adjacent to an activating group) is 1. The highest BCUT2D eigenvalue weighted by Crippen LogP contribution is 2.60. The third kappa shape index (κ3) is 1.42. The molecule has 3 nitrogen and oxygen atoms in total. The highest BCUT2D eigenvalue weighted by Gasteiger charge is 2.51. The first kappa shape index (κ1) is 9.73. The Morgan fingerprint density at radius 2 is 2.27 bits per heavy atom. The molecule has 0 radical (unpaired) electrons. The van der Waals surface area contributed by atoms with E-state index >= 15 is 0 Å². The highest BCUT2D eigenvalue weighted by atomic mass is 32.2. The quantitative estimate of drug-likeness (QED) is 0.676. The molecule has 2 unspecified atom stereocenters. The molecule has 0 N–H and O–H groups in total. The fourth-order valence-corrected chi connectivity index (χ4v) is 3.25. The first-order valence-electron chi connectivity index (χ1n) is 5.53. The van der Waals surface area contributed by atoms with Gasteiger partial charge in [0, 0.05) is 18.3 Å². The molecule has 0 amide bonds. The zero-order valence-electron chi connectivity index (χ0n) is 9.53. The number of nitrogens with zero attached hydrogens (tertiary/aromatic N) is 3. The van der Waals surface area contributed by atoms with Gasteiger partial charge in [0.25, 0.3) is 0 Å². The lowest BCUT2D eigenvalue weighted by Crippen LogP contribution is -2.30. The molecule has 0 saturated carbocycles. The predicted octanol–water partition coefficient (Wildman–Crippen LogP) is 1.68. The van der Waals surface area contributed by atoms with E-state index in [0.717, 1.165) is 24.9 Å². The molecule has 15 heavy (non-hydrogen) atoms. The van der Waals surface area contributed by atoms with Crippen molar-refractivity contribution < 1.29 is 0 Å². The van der Waals surface area contributed by atoms with Crippen molar-refractivity contribution in [2.45, 2.75) is 36.9 Å². The van der Waals surface area contributed by atoms with Crippen LogP contribution in [0.4, 0.5) is 0 Å². The van der Waals surface area contributed by atoms with Crippen LogP contribution < -0.4 is 0 Å². The third-order valence-corrected chi connectivity index (χ3v) is 5.26. The summed E-state index contributed by atoms with van der Waals surface area (Å²) < 4.78 is 2.48. The summed E-state index contributed by atoms with van der Waals surface area (Å²) in [6.45, 7) is 7.80. The van der Waals surface area contributed by atoms with Gasteiger partial charge in [0.15, 0.2) is 0 Å². The van der Waals surface area contributed by atoms with E-state index in [9.17, 15) is 0 Å². The Morgan fingerprint density at radius 1 is 1.53 bits per heavy atom. The molecule has 0 aliphatic carbocycles. The second kappa shape index (κ2) is 3.01. The van der Waals surface area contributed by atoms with E-state index in [-0.39, 0.29) is 0 Å². The van der Waals surface area contributed by atoms with Crippen LogP contribution in [0.2, 0.25) is 0 Å². The van der Waals surface area contributed by atoms with E-state index in [4.69, 9.17) is 5.10 Å². The minimum absolute atomic E-state index is 0.295. The van der Waals surface area contributed by atoms with Crippen LogP contribution in [0.3, 0.4) is 0 Å². The van der Waals surface area contributed by atoms with Gasteiger partial charge in [0.05, 0.1) is 22.7 Å². The molecule has 0 aromatic carbocycles. The molecule has 2 aliphatic heterocycles. The average Bonchev–Trinajstić information content (AvgIpc) is 2.62. The minimum atomic E-state index is 0.295. The van der Waals surface area contributed by atoms with Crippen molar-refractivity contribution in [3.63, 3.8) is 0 Å². The van der Waals surface area contributed by atoms with E-state index in [1.165, 1.54) is 11.4 Å². The van der Waals surface area contributed by atoms with Gasteiger partial charge in [-0.1, -0.05) is 6.92 Å². The third-order valence-electron chi connectivity index (χ3n) is 3.64. The number of thioether (sulfide) groups is 1. The zero-order chi connectivity index (χ0) is 10.6. The second-order valence-corrected chi connectivity index (χ2v) is 6.64. The Balaban J connectivity index is 1.93. The van der Waals surface area contributed by atoms with E-state index in [0.29, 0.717) is 4.75 Å². The van der Waals surface area contributed by atoms with Crippen LogP contribution in [0, 0.1) is 0 Å². The number of rotatable bonds is 1. The van der Waals surface area contributed by atoms with Crippen LogP contribution in [0.15, 0.2) is 6.07 Å². The predicted molar refractivity (Wildman–Crippen MR) is 63.0 cm³/mol. The van der Waals surface area contributed by atoms with Crippen LogP contribution in [-0.2, 0) is 17.8 Å². The van der Waals surface area contributed by atoms with Crippen molar-refractivity contribution in [1.29, 1.82) is 0 Å². The highest BCUT2D eigenvalue weighted by molar-refractivity contribution is 8.08. The van der Waals surface area contributed by atoms with Crippen molar-refractivity contribution in [1.82, 2.24) is 14.7 Å². The molecule has 0 bridgehead atoms. The van der Waals surface area contributed by atoms with Gasteiger partial charge >= 0.3 is 0 Å². The van der Waals surface area contributed by atoms with E-state index in [1.54, 1.807) is 0 Å². The summed E-state index contributed by atoms with van der Waals surface area (Å²) in [6, 6.07) is 2.30. The molecule has 2 aliphatic rings. The van der Waals surface area contributed by atoms with E-state index in [1.807, 2.05) is 11.8 Å². The van der Waals surface area contributed by atoms with Crippen LogP contribution >= 0.6 is 11.8 Å². The van der Waals surface area contributed by atoms with Crippen molar-refractivity contribution in [3.05, 3.63) is 17.5 Å². The number of hydrogen-bond donors (Lipinski definition) is 0. The number of aromatic nitrogens is 2. The minimum Gasteiger partial charge on any atom is -0.299 e. The molecule has 1 aromatic rings. The normalized spacial score (nSPS) is 35.3. The molecule has 4 heteroatoms. The summed E-state index contributed by atoms with van der Waals surface area (Å²) in [6.07, 6.45) is 0. The average molecular weight is 223 g/mol. The van der Waals surface area contributed by atoms with Crippen LogP contribution in [0.25, 0.3) is 0 Å². The summed E-state index contributed by atoms with van der Waals surface area (Å²) in [5.41, 5.74) is 2.66. The van der Waals surface area contributed by atoms with E-state index in [2.05, 4.69) is 36.5 Å². The molecule has 1 fully saturated rings. The molecular formula is C11H17N3S.